The molecule has 172 valence electrons. The Balaban J connectivity index is 1.72. The third kappa shape index (κ3) is 3.80. The van der Waals surface area contributed by atoms with E-state index in [1.807, 2.05) is 6.07 Å². The van der Waals surface area contributed by atoms with Gasteiger partial charge in [0.1, 0.15) is 5.82 Å². The van der Waals surface area contributed by atoms with Crippen molar-refractivity contribution in [3.8, 4) is 11.1 Å². The molecule has 3 heterocycles. The molecule has 1 amide bonds. The third-order valence-corrected chi connectivity index (χ3v) is 6.72. The molecule has 2 aliphatic heterocycles. The van der Waals surface area contributed by atoms with Gasteiger partial charge in [-0.05, 0) is 54.5 Å². The van der Waals surface area contributed by atoms with Gasteiger partial charge in [0.2, 0.25) is 5.91 Å². The highest BCUT2D eigenvalue weighted by atomic mass is 19.1. The zero-order valence-electron chi connectivity index (χ0n) is 18.9. The quantitative estimate of drug-likeness (QED) is 0.602. The van der Waals surface area contributed by atoms with Gasteiger partial charge in [-0.2, -0.15) is 0 Å². The molecule has 6 nitrogen and oxygen atoms in total. The zero-order chi connectivity index (χ0) is 23.3. The summed E-state index contributed by atoms with van der Waals surface area (Å²) >= 11 is 0. The van der Waals surface area contributed by atoms with Crippen molar-refractivity contribution in [2.24, 2.45) is 11.1 Å². The lowest BCUT2D eigenvalue weighted by molar-refractivity contribution is 0.0816. The average molecular weight is 450 g/mol. The Morgan fingerprint density at radius 3 is 2.67 bits per heavy atom. The Hall–Kier alpha value is -3.19. The number of hydrogen-bond acceptors (Lipinski definition) is 4. The molecule has 1 fully saturated rings. The number of amides is 1. The molecule has 2 aliphatic rings. The smallest absolute Gasteiger partial charge is 0.250 e. The molecule has 1 aromatic heterocycles. The van der Waals surface area contributed by atoms with Crippen molar-refractivity contribution in [2.75, 3.05) is 18.5 Å². The molecule has 3 aromatic rings. The summed E-state index contributed by atoms with van der Waals surface area (Å²) in [7, 11) is 0. The summed E-state index contributed by atoms with van der Waals surface area (Å²) in [6.45, 7) is 5.42. The van der Waals surface area contributed by atoms with Crippen LogP contribution in [0.25, 0.3) is 22.0 Å². The number of nitrogens with two attached hydrogens (primary N) is 1. The van der Waals surface area contributed by atoms with Crippen LogP contribution in [0.5, 0.6) is 0 Å². The van der Waals surface area contributed by atoms with E-state index in [-0.39, 0.29) is 23.2 Å². The molecule has 7 heteroatoms. The minimum Gasteiger partial charge on any atom is -0.381 e. The van der Waals surface area contributed by atoms with Crippen LogP contribution in [0, 0.1) is 11.2 Å². The normalized spacial score (nSPS) is 18.3. The number of aromatic nitrogens is 1. The second-order valence-corrected chi connectivity index (χ2v) is 9.86. The number of carbonyl (C=O) groups excluding carboxylic acids is 2. The highest BCUT2D eigenvalue weighted by Crippen LogP contribution is 2.44. The molecule has 0 spiro atoms. The number of nitrogens with zero attached hydrogens (tertiary/aromatic N) is 1. The van der Waals surface area contributed by atoms with E-state index in [2.05, 4.69) is 19.2 Å². The van der Waals surface area contributed by atoms with E-state index in [0.29, 0.717) is 53.8 Å². The Labute approximate surface area is 191 Å². The lowest BCUT2D eigenvalue weighted by atomic mass is 9.80. The zero-order valence-corrected chi connectivity index (χ0v) is 18.9. The molecule has 0 saturated carbocycles. The van der Waals surface area contributed by atoms with Crippen molar-refractivity contribution in [1.82, 2.24) is 4.57 Å². The van der Waals surface area contributed by atoms with Crippen LogP contribution in [0.2, 0.25) is 0 Å². The number of benzene rings is 2. The van der Waals surface area contributed by atoms with E-state index in [9.17, 15) is 9.59 Å². The number of hydrogen-bond donors (Lipinski definition) is 2. The first kappa shape index (κ1) is 21.6. The second kappa shape index (κ2) is 7.99. The average Bonchev–Trinajstić information content (AvgIpc) is 3.08. The molecule has 0 aliphatic carbocycles. The maximum atomic E-state index is 15.2. The number of anilines is 1. The Morgan fingerprint density at radius 2 is 1.94 bits per heavy atom. The van der Waals surface area contributed by atoms with Crippen molar-refractivity contribution in [1.29, 1.82) is 0 Å². The minimum atomic E-state index is -0.526. The largest absolute Gasteiger partial charge is 0.381 e. The van der Waals surface area contributed by atoms with Crippen LogP contribution >= 0.6 is 0 Å². The molecule has 5 rings (SSSR count). The lowest BCUT2D eigenvalue weighted by Crippen LogP contribution is -2.31. The van der Waals surface area contributed by atoms with Gasteiger partial charge < -0.3 is 15.8 Å². The van der Waals surface area contributed by atoms with Crippen molar-refractivity contribution >= 4 is 28.4 Å². The van der Waals surface area contributed by atoms with Gasteiger partial charge in [-0.3, -0.25) is 14.2 Å². The van der Waals surface area contributed by atoms with Crippen molar-refractivity contribution in [3.05, 3.63) is 53.5 Å². The van der Waals surface area contributed by atoms with Gasteiger partial charge in [0.15, 0.2) is 0 Å². The second-order valence-electron chi connectivity index (χ2n) is 9.86. The van der Waals surface area contributed by atoms with Gasteiger partial charge in [0.25, 0.3) is 5.91 Å². The van der Waals surface area contributed by atoms with Crippen molar-refractivity contribution in [3.63, 3.8) is 0 Å². The fourth-order valence-corrected chi connectivity index (χ4v) is 5.21. The predicted molar refractivity (Wildman–Crippen MR) is 126 cm³/mol. The summed E-state index contributed by atoms with van der Waals surface area (Å²) in [5.74, 6) is -0.923. The molecule has 33 heavy (non-hydrogen) atoms. The summed E-state index contributed by atoms with van der Waals surface area (Å²) in [6, 6.07) is 10.4. The number of halogens is 1. The van der Waals surface area contributed by atoms with E-state index >= 15 is 4.39 Å². The van der Waals surface area contributed by atoms with E-state index in [1.165, 1.54) is 6.07 Å². The van der Waals surface area contributed by atoms with Crippen LogP contribution in [0.4, 0.5) is 10.1 Å². The van der Waals surface area contributed by atoms with Gasteiger partial charge in [-0.15, -0.1) is 0 Å². The number of ether oxygens (including phenoxy) is 1. The molecular weight excluding hydrogens is 421 g/mol. The van der Waals surface area contributed by atoms with Crippen LogP contribution in [-0.2, 0) is 11.2 Å². The Morgan fingerprint density at radius 1 is 1.18 bits per heavy atom. The van der Waals surface area contributed by atoms with Gasteiger partial charge >= 0.3 is 0 Å². The van der Waals surface area contributed by atoms with Crippen LogP contribution < -0.4 is 11.1 Å². The third-order valence-electron chi connectivity index (χ3n) is 6.72. The van der Waals surface area contributed by atoms with Crippen molar-refractivity contribution in [2.45, 2.75) is 45.6 Å². The molecule has 3 N–H and O–H groups in total. The Bertz CT molecular complexity index is 1270. The number of primary amides is 1. The summed E-state index contributed by atoms with van der Waals surface area (Å²) in [5.41, 5.74) is 9.28. The number of rotatable bonds is 4. The Kier molecular flexibility index (Phi) is 5.24. The summed E-state index contributed by atoms with van der Waals surface area (Å²) in [4.78, 5) is 25.2. The molecule has 0 radical (unpaired) electrons. The number of carbonyl (C=O) groups is 2. The van der Waals surface area contributed by atoms with E-state index in [1.54, 1.807) is 28.8 Å². The van der Waals surface area contributed by atoms with Gasteiger partial charge in [-0.25, -0.2) is 4.39 Å². The predicted octanol–water partition coefficient (Wildman–Crippen LogP) is 4.75. The standard InChI is InChI=1S/C26H28FN3O3/c1-26(2)13-21-23(24-18(27)4-3-5-20(24)30(21)22(31)14-26)15-6-7-17(25(28)32)19(12-15)29-16-8-10-33-11-9-16/h3-7,12,16,29H,8-11,13-14H2,1-2H3,(H2,28,32). The topological polar surface area (TPSA) is 86.4 Å². The summed E-state index contributed by atoms with van der Waals surface area (Å²) in [5, 5.41) is 3.89. The van der Waals surface area contributed by atoms with Crippen LogP contribution in [-0.4, -0.2) is 35.6 Å². The molecule has 2 aromatic carbocycles. The first-order valence-electron chi connectivity index (χ1n) is 11.4. The number of fused-ring (bicyclic) bond motifs is 3. The highest BCUT2D eigenvalue weighted by Gasteiger charge is 2.36. The monoisotopic (exact) mass is 449 g/mol. The first-order valence-corrected chi connectivity index (χ1v) is 11.4. The molecule has 0 unspecified atom stereocenters. The van der Waals surface area contributed by atoms with E-state index in [0.717, 1.165) is 24.1 Å². The van der Waals surface area contributed by atoms with Gasteiger partial charge in [0, 0.05) is 48.0 Å². The van der Waals surface area contributed by atoms with Crippen LogP contribution in [0.15, 0.2) is 36.4 Å². The SMILES string of the molecule is CC1(C)CC(=O)n2c(c(-c3ccc(C(N)=O)c(NC4CCOCC4)c3)c3c(F)cccc32)C1. The van der Waals surface area contributed by atoms with Crippen LogP contribution in [0.1, 0.15) is 54.0 Å². The maximum absolute atomic E-state index is 15.2. The molecule has 0 atom stereocenters. The lowest BCUT2D eigenvalue weighted by Gasteiger charge is -2.30. The molecule has 1 saturated heterocycles. The number of nitrogens with one attached hydrogen (secondary N) is 1. The first-order chi connectivity index (χ1) is 15.7. The minimum absolute atomic E-state index is 0.0302. The van der Waals surface area contributed by atoms with Gasteiger partial charge in [-0.1, -0.05) is 26.0 Å². The van der Waals surface area contributed by atoms with Gasteiger partial charge in [0.05, 0.1) is 11.1 Å². The van der Waals surface area contributed by atoms with Crippen LogP contribution in [0.3, 0.4) is 0 Å². The summed E-state index contributed by atoms with van der Waals surface area (Å²) < 4.78 is 22.3. The summed E-state index contributed by atoms with van der Waals surface area (Å²) in [6.07, 6.45) is 2.69. The van der Waals surface area contributed by atoms with E-state index < -0.39 is 5.91 Å². The molecule has 0 bridgehead atoms. The fourth-order valence-electron chi connectivity index (χ4n) is 5.21. The maximum Gasteiger partial charge on any atom is 0.250 e. The highest BCUT2D eigenvalue weighted by molar-refractivity contribution is 6.06. The van der Waals surface area contributed by atoms with Crippen molar-refractivity contribution < 1.29 is 18.7 Å². The fraction of sp³-hybridized carbons (Fsp3) is 0.385. The van der Waals surface area contributed by atoms with E-state index in [4.69, 9.17) is 10.5 Å². The molecular formula is C26H28FN3O3.